The summed E-state index contributed by atoms with van der Waals surface area (Å²) in [5.41, 5.74) is 6.25. The maximum absolute atomic E-state index is 11.6. The van der Waals surface area contributed by atoms with Crippen LogP contribution in [0.5, 0.6) is 0 Å². The molecule has 1 unspecified atom stereocenters. The molecule has 0 aliphatic rings. The Bertz CT molecular complexity index is 389. The van der Waals surface area contributed by atoms with E-state index in [4.69, 9.17) is 5.73 Å². The van der Waals surface area contributed by atoms with Gasteiger partial charge >= 0.3 is 5.97 Å². The molecule has 0 aromatic heterocycles. The Morgan fingerprint density at radius 3 is 2.42 bits per heavy atom. The lowest BCUT2D eigenvalue weighted by Gasteiger charge is -2.29. The highest BCUT2D eigenvalue weighted by Crippen LogP contribution is 2.31. The SMILES string of the molecule is CC(C)CC(CN)(CCCc1ccccc1)C(=O)O. The Morgan fingerprint density at radius 1 is 1.32 bits per heavy atom. The van der Waals surface area contributed by atoms with E-state index in [1.807, 2.05) is 32.0 Å². The molecule has 0 radical (unpaired) electrons. The second kappa shape index (κ2) is 7.29. The van der Waals surface area contributed by atoms with Gasteiger partial charge in [-0.2, -0.15) is 0 Å². The molecule has 1 aromatic carbocycles. The molecule has 1 aromatic rings. The van der Waals surface area contributed by atoms with Crippen molar-refractivity contribution in [2.24, 2.45) is 17.1 Å². The summed E-state index contributed by atoms with van der Waals surface area (Å²) in [6.07, 6.45) is 3.06. The maximum Gasteiger partial charge on any atom is 0.310 e. The third-order valence-electron chi connectivity index (χ3n) is 3.61. The highest BCUT2D eigenvalue weighted by Gasteiger charge is 2.37. The van der Waals surface area contributed by atoms with Gasteiger partial charge in [0.1, 0.15) is 0 Å². The maximum atomic E-state index is 11.6. The van der Waals surface area contributed by atoms with Gasteiger partial charge in [0.05, 0.1) is 5.41 Å². The van der Waals surface area contributed by atoms with Crippen molar-refractivity contribution in [2.45, 2.75) is 39.5 Å². The normalized spacial score (nSPS) is 14.3. The summed E-state index contributed by atoms with van der Waals surface area (Å²) >= 11 is 0. The van der Waals surface area contributed by atoms with Crippen molar-refractivity contribution < 1.29 is 9.90 Å². The van der Waals surface area contributed by atoms with Crippen LogP contribution in [0.15, 0.2) is 30.3 Å². The smallest absolute Gasteiger partial charge is 0.310 e. The number of carboxylic acids is 1. The van der Waals surface area contributed by atoms with E-state index in [2.05, 4.69) is 12.1 Å². The van der Waals surface area contributed by atoms with Crippen LogP contribution in [-0.2, 0) is 11.2 Å². The van der Waals surface area contributed by atoms with Crippen molar-refractivity contribution in [3.63, 3.8) is 0 Å². The summed E-state index contributed by atoms with van der Waals surface area (Å²) in [5, 5.41) is 9.49. The number of benzene rings is 1. The molecular formula is C16H25NO2. The summed E-state index contributed by atoms with van der Waals surface area (Å²) in [5.74, 6) is -0.409. The zero-order valence-electron chi connectivity index (χ0n) is 11.9. The Hall–Kier alpha value is -1.35. The Balaban J connectivity index is 2.60. The Labute approximate surface area is 115 Å². The second-order valence-electron chi connectivity index (χ2n) is 5.73. The van der Waals surface area contributed by atoms with Crippen molar-refractivity contribution in [3.05, 3.63) is 35.9 Å². The van der Waals surface area contributed by atoms with Gasteiger partial charge in [0, 0.05) is 6.54 Å². The van der Waals surface area contributed by atoms with Crippen LogP contribution < -0.4 is 5.73 Å². The molecule has 0 fully saturated rings. The van der Waals surface area contributed by atoms with Crippen LogP contribution in [0.25, 0.3) is 0 Å². The van der Waals surface area contributed by atoms with E-state index < -0.39 is 11.4 Å². The first kappa shape index (κ1) is 15.7. The van der Waals surface area contributed by atoms with Crippen molar-refractivity contribution >= 4 is 5.97 Å². The van der Waals surface area contributed by atoms with Gasteiger partial charge in [-0.3, -0.25) is 4.79 Å². The first-order chi connectivity index (χ1) is 9.00. The van der Waals surface area contributed by atoms with E-state index in [1.165, 1.54) is 5.56 Å². The summed E-state index contributed by atoms with van der Waals surface area (Å²) in [6.45, 7) is 4.31. The number of aliphatic carboxylic acids is 1. The van der Waals surface area contributed by atoms with Crippen molar-refractivity contribution in [1.29, 1.82) is 0 Å². The van der Waals surface area contributed by atoms with Crippen LogP contribution in [0, 0.1) is 11.3 Å². The van der Waals surface area contributed by atoms with Gasteiger partial charge in [-0.15, -0.1) is 0 Å². The lowest BCUT2D eigenvalue weighted by molar-refractivity contribution is -0.150. The number of nitrogens with two attached hydrogens (primary N) is 1. The van der Waals surface area contributed by atoms with Gasteiger partial charge in [0.25, 0.3) is 0 Å². The molecule has 0 saturated carbocycles. The molecule has 0 bridgehead atoms. The molecule has 0 saturated heterocycles. The zero-order valence-corrected chi connectivity index (χ0v) is 11.9. The Kier molecular flexibility index (Phi) is 6.03. The predicted octanol–water partition coefficient (Wildman–Crippen LogP) is 3.09. The summed E-state index contributed by atoms with van der Waals surface area (Å²) in [6, 6.07) is 10.2. The van der Waals surface area contributed by atoms with Crippen LogP contribution in [0.3, 0.4) is 0 Å². The number of hydrogen-bond donors (Lipinski definition) is 2. The van der Waals surface area contributed by atoms with Crippen LogP contribution >= 0.6 is 0 Å². The molecule has 1 rings (SSSR count). The molecule has 0 heterocycles. The van der Waals surface area contributed by atoms with Crippen molar-refractivity contribution in [1.82, 2.24) is 0 Å². The van der Waals surface area contributed by atoms with Gasteiger partial charge in [-0.05, 0) is 37.2 Å². The van der Waals surface area contributed by atoms with Gasteiger partial charge in [-0.25, -0.2) is 0 Å². The molecule has 106 valence electrons. The van der Waals surface area contributed by atoms with Crippen LogP contribution in [0.2, 0.25) is 0 Å². The predicted molar refractivity (Wildman–Crippen MR) is 78.0 cm³/mol. The number of rotatable bonds is 8. The molecule has 3 nitrogen and oxygen atoms in total. The zero-order chi connectivity index (χ0) is 14.3. The van der Waals surface area contributed by atoms with Gasteiger partial charge in [-0.1, -0.05) is 44.2 Å². The monoisotopic (exact) mass is 263 g/mol. The standard InChI is InChI=1S/C16H25NO2/c1-13(2)11-16(12-17,15(18)19)10-6-9-14-7-4-3-5-8-14/h3-5,7-8,13H,6,9-12,17H2,1-2H3,(H,18,19). The molecule has 0 aliphatic carbocycles. The quantitative estimate of drug-likeness (QED) is 0.757. The molecule has 0 spiro atoms. The average molecular weight is 263 g/mol. The topological polar surface area (TPSA) is 63.3 Å². The summed E-state index contributed by atoms with van der Waals surface area (Å²) < 4.78 is 0. The second-order valence-corrected chi connectivity index (χ2v) is 5.73. The minimum absolute atomic E-state index is 0.218. The minimum atomic E-state index is -0.761. The van der Waals surface area contributed by atoms with Crippen LogP contribution in [0.4, 0.5) is 0 Å². The van der Waals surface area contributed by atoms with E-state index in [1.54, 1.807) is 0 Å². The number of aryl methyl sites for hydroxylation is 1. The van der Waals surface area contributed by atoms with E-state index >= 15 is 0 Å². The molecular weight excluding hydrogens is 238 g/mol. The summed E-state index contributed by atoms with van der Waals surface area (Å²) in [7, 11) is 0. The van der Waals surface area contributed by atoms with Crippen LogP contribution in [0.1, 0.15) is 38.7 Å². The van der Waals surface area contributed by atoms with E-state index in [0.717, 1.165) is 12.8 Å². The van der Waals surface area contributed by atoms with E-state index in [-0.39, 0.29) is 6.54 Å². The molecule has 0 amide bonds. The molecule has 1 atom stereocenters. The summed E-state index contributed by atoms with van der Waals surface area (Å²) in [4.78, 5) is 11.6. The van der Waals surface area contributed by atoms with Crippen molar-refractivity contribution in [3.8, 4) is 0 Å². The lowest BCUT2D eigenvalue weighted by Crippen LogP contribution is -2.40. The number of carboxylic acid groups (broad SMARTS) is 1. The lowest BCUT2D eigenvalue weighted by atomic mass is 9.76. The molecule has 19 heavy (non-hydrogen) atoms. The fourth-order valence-corrected chi connectivity index (χ4v) is 2.63. The van der Waals surface area contributed by atoms with Gasteiger partial charge in [0.2, 0.25) is 0 Å². The highest BCUT2D eigenvalue weighted by molar-refractivity contribution is 5.74. The highest BCUT2D eigenvalue weighted by atomic mass is 16.4. The molecule has 3 N–H and O–H groups in total. The van der Waals surface area contributed by atoms with Crippen LogP contribution in [-0.4, -0.2) is 17.6 Å². The largest absolute Gasteiger partial charge is 0.481 e. The van der Waals surface area contributed by atoms with E-state index in [9.17, 15) is 9.90 Å². The van der Waals surface area contributed by atoms with E-state index in [0.29, 0.717) is 18.8 Å². The van der Waals surface area contributed by atoms with Crippen molar-refractivity contribution in [2.75, 3.05) is 6.54 Å². The fraction of sp³-hybridized carbons (Fsp3) is 0.562. The first-order valence-corrected chi connectivity index (χ1v) is 6.97. The number of hydrogen-bond acceptors (Lipinski definition) is 2. The minimum Gasteiger partial charge on any atom is -0.481 e. The average Bonchev–Trinajstić information content (AvgIpc) is 2.38. The molecule has 0 aliphatic heterocycles. The third-order valence-corrected chi connectivity index (χ3v) is 3.61. The fourth-order valence-electron chi connectivity index (χ4n) is 2.63. The number of carbonyl (C=O) groups is 1. The van der Waals surface area contributed by atoms with Gasteiger partial charge < -0.3 is 10.8 Å². The third kappa shape index (κ3) is 4.67. The Morgan fingerprint density at radius 2 is 1.95 bits per heavy atom. The molecule has 3 heteroatoms. The van der Waals surface area contributed by atoms with Gasteiger partial charge in [0.15, 0.2) is 0 Å². The first-order valence-electron chi connectivity index (χ1n) is 6.97.